The summed E-state index contributed by atoms with van der Waals surface area (Å²) in [5, 5.41) is 0. The molecule has 0 aliphatic rings. The molecule has 2 nitrogen and oxygen atoms in total. The van der Waals surface area contributed by atoms with Crippen LogP contribution in [0.4, 0.5) is 0 Å². The molecular weight excluding hydrogens is 354 g/mol. The quantitative estimate of drug-likeness (QED) is 0.157. The molecule has 1 unspecified atom stereocenters. The van der Waals surface area contributed by atoms with Crippen molar-refractivity contribution in [2.75, 3.05) is 13.1 Å². The minimum Gasteiger partial charge on any atom is -0.298 e. The third kappa shape index (κ3) is 17.0. The summed E-state index contributed by atoms with van der Waals surface area (Å²) in [5.74, 6) is 0.513. The number of nitrogens with zero attached hydrogens (tertiary/aromatic N) is 1. The van der Waals surface area contributed by atoms with E-state index in [9.17, 15) is 4.79 Å². The normalized spacial score (nSPS) is 12.6. The molecule has 0 rings (SSSR count). The fraction of sp³-hybridized carbons (Fsp3) is 0.963. The lowest BCUT2D eigenvalue weighted by atomic mass is 9.98. The van der Waals surface area contributed by atoms with Crippen LogP contribution in [0.3, 0.4) is 0 Å². The van der Waals surface area contributed by atoms with Gasteiger partial charge in [-0.2, -0.15) is 0 Å². The molecule has 1 atom stereocenters. The van der Waals surface area contributed by atoms with Crippen LogP contribution in [0.15, 0.2) is 0 Å². The smallest absolute Gasteiger partial charge is 0.149 e. The lowest BCUT2D eigenvalue weighted by molar-refractivity contribution is -0.124. The first-order valence-electron chi connectivity index (χ1n) is 13.5. The summed E-state index contributed by atoms with van der Waals surface area (Å²) < 4.78 is 0. The zero-order valence-corrected chi connectivity index (χ0v) is 20.8. The van der Waals surface area contributed by atoms with Gasteiger partial charge in [-0.15, -0.1) is 0 Å². The second-order valence-corrected chi connectivity index (χ2v) is 9.15. The summed E-state index contributed by atoms with van der Waals surface area (Å²) in [5.41, 5.74) is 0. The van der Waals surface area contributed by atoms with E-state index in [2.05, 4.69) is 32.6 Å². The Labute approximate surface area is 184 Å². The average molecular weight is 410 g/mol. The third-order valence-corrected chi connectivity index (χ3v) is 6.21. The Bertz CT molecular complexity index is 341. The van der Waals surface area contributed by atoms with Crippen LogP contribution in [0.5, 0.6) is 0 Å². The Morgan fingerprint density at radius 3 is 1.48 bits per heavy atom. The van der Waals surface area contributed by atoms with Crippen molar-refractivity contribution in [3.63, 3.8) is 0 Å². The third-order valence-electron chi connectivity index (χ3n) is 6.21. The van der Waals surface area contributed by atoms with Crippen LogP contribution >= 0.6 is 0 Å². The van der Waals surface area contributed by atoms with E-state index in [1.807, 2.05) is 0 Å². The van der Waals surface area contributed by atoms with Gasteiger partial charge in [0.05, 0.1) is 6.04 Å². The molecule has 0 aliphatic heterocycles. The molecule has 0 amide bonds. The van der Waals surface area contributed by atoms with Gasteiger partial charge < -0.3 is 0 Å². The van der Waals surface area contributed by atoms with E-state index >= 15 is 0 Å². The molecule has 0 aromatic carbocycles. The van der Waals surface area contributed by atoms with Crippen LogP contribution < -0.4 is 0 Å². The molecular formula is C27H55NO. The summed E-state index contributed by atoms with van der Waals surface area (Å²) in [6, 6.07) is 0.184. The Kier molecular flexibility index (Phi) is 22.0. The fourth-order valence-electron chi connectivity index (χ4n) is 4.38. The molecule has 174 valence electrons. The van der Waals surface area contributed by atoms with Crippen molar-refractivity contribution in [3.8, 4) is 0 Å². The Morgan fingerprint density at radius 2 is 1.03 bits per heavy atom. The highest BCUT2D eigenvalue weighted by Crippen LogP contribution is 2.16. The van der Waals surface area contributed by atoms with Gasteiger partial charge in [-0.05, 0) is 38.8 Å². The number of hydrogen-bond donors (Lipinski definition) is 0. The van der Waals surface area contributed by atoms with Crippen LogP contribution in [0.1, 0.15) is 150 Å². The minimum absolute atomic E-state index is 0.184. The summed E-state index contributed by atoms with van der Waals surface area (Å²) >= 11 is 0. The first-order chi connectivity index (χ1) is 14.2. The van der Waals surface area contributed by atoms with Gasteiger partial charge in [-0.3, -0.25) is 9.69 Å². The molecule has 0 saturated heterocycles. The summed E-state index contributed by atoms with van der Waals surface area (Å²) in [4.78, 5) is 15.4. The van der Waals surface area contributed by atoms with Crippen molar-refractivity contribution in [2.45, 2.75) is 156 Å². The van der Waals surface area contributed by atoms with Crippen molar-refractivity contribution in [2.24, 2.45) is 0 Å². The van der Waals surface area contributed by atoms with Crippen LogP contribution in [-0.4, -0.2) is 29.8 Å². The maximum absolute atomic E-state index is 12.9. The van der Waals surface area contributed by atoms with Gasteiger partial charge in [0.15, 0.2) is 0 Å². The highest BCUT2D eigenvalue weighted by molar-refractivity contribution is 5.83. The zero-order chi connectivity index (χ0) is 21.6. The molecule has 0 fully saturated rings. The van der Waals surface area contributed by atoms with Gasteiger partial charge in [0.2, 0.25) is 0 Å². The standard InChI is InChI=1S/C27H55NO/c1-5-9-11-12-13-14-15-16-17-18-19-20-21-23-27(29)26(22-7-3)28(24-8-4)25-10-6-2/h26H,5-25H2,1-4H3. The number of Topliss-reactive ketones (excluding diaryl/α,β-unsaturated/α-hetero) is 1. The fourth-order valence-corrected chi connectivity index (χ4v) is 4.38. The Hall–Kier alpha value is -0.370. The van der Waals surface area contributed by atoms with Gasteiger partial charge >= 0.3 is 0 Å². The van der Waals surface area contributed by atoms with Crippen molar-refractivity contribution >= 4 is 5.78 Å². The number of unbranched alkanes of at least 4 members (excludes halogenated alkanes) is 13. The highest BCUT2D eigenvalue weighted by Gasteiger charge is 2.23. The SMILES string of the molecule is CCCCCCCCCCCCCCCC(=O)C(CCC)N(CCC)CCCC. The van der Waals surface area contributed by atoms with E-state index in [1.165, 1.54) is 89.9 Å². The van der Waals surface area contributed by atoms with E-state index in [-0.39, 0.29) is 6.04 Å². The van der Waals surface area contributed by atoms with Crippen LogP contribution in [-0.2, 0) is 4.79 Å². The van der Waals surface area contributed by atoms with Crippen LogP contribution in [0.2, 0.25) is 0 Å². The van der Waals surface area contributed by atoms with Gasteiger partial charge in [-0.1, -0.05) is 118 Å². The monoisotopic (exact) mass is 409 g/mol. The number of carbonyl (C=O) groups excluding carboxylic acids is 1. The first kappa shape index (κ1) is 28.6. The number of carbonyl (C=O) groups is 1. The minimum atomic E-state index is 0.184. The molecule has 29 heavy (non-hydrogen) atoms. The molecule has 0 heterocycles. The molecule has 0 radical (unpaired) electrons. The number of ketones is 1. The lowest BCUT2D eigenvalue weighted by Gasteiger charge is -2.30. The molecule has 0 N–H and O–H groups in total. The number of rotatable bonds is 23. The second-order valence-electron chi connectivity index (χ2n) is 9.15. The Balaban J connectivity index is 3.82. The van der Waals surface area contributed by atoms with E-state index in [1.54, 1.807) is 0 Å². The van der Waals surface area contributed by atoms with E-state index in [4.69, 9.17) is 0 Å². The average Bonchev–Trinajstić information content (AvgIpc) is 2.72. The van der Waals surface area contributed by atoms with Gasteiger partial charge in [0.1, 0.15) is 5.78 Å². The van der Waals surface area contributed by atoms with Crippen molar-refractivity contribution < 1.29 is 4.79 Å². The summed E-state index contributed by atoms with van der Waals surface area (Å²) in [6.07, 6.45) is 24.3. The molecule has 2 heteroatoms. The van der Waals surface area contributed by atoms with Crippen LogP contribution in [0.25, 0.3) is 0 Å². The molecule has 0 aliphatic carbocycles. The topological polar surface area (TPSA) is 20.3 Å². The van der Waals surface area contributed by atoms with E-state index in [0.717, 1.165) is 45.2 Å². The molecule has 0 spiro atoms. The maximum atomic E-state index is 12.9. The van der Waals surface area contributed by atoms with Crippen molar-refractivity contribution in [1.29, 1.82) is 0 Å². The predicted molar refractivity (Wildman–Crippen MR) is 131 cm³/mol. The Morgan fingerprint density at radius 1 is 0.552 bits per heavy atom. The van der Waals surface area contributed by atoms with Crippen molar-refractivity contribution in [1.82, 2.24) is 4.90 Å². The summed E-state index contributed by atoms with van der Waals surface area (Å²) in [6.45, 7) is 11.2. The molecule has 0 saturated carbocycles. The second kappa shape index (κ2) is 22.3. The molecule has 0 aromatic rings. The molecule has 0 bridgehead atoms. The van der Waals surface area contributed by atoms with E-state index < -0.39 is 0 Å². The lowest BCUT2D eigenvalue weighted by Crippen LogP contribution is -2.42. The summed E-state index contributed by atoms with van der Waals surface area (Å²) in [7, 11) is 0. The maximum Gasteiger partial charge on any atom is 0.149 e. The van der Waals surface area contributed by atoms with Gasteiger partial charge in [-0.25, -0.2) is 0 Å². The van der Waals surface area contributed by atoms with E-state index in [0.29, 0.717) is 5.78 Å². The highest BCUT2D eigenvalue weighted by atomic mass is 16.1. The van der Waals surface area contributed by atoms with Crippen LogP contribution in [0, 0.1) is 0 Å². The van der Waals surface area contributed by atoms with Gasteiger partial charge in [0, 0.05) is 6.42 Å². The van der Waals surface area contributed by atoms with Crippen molar-refractivity contribution in [3.05, 3.63) is 0 Å². The number of hydrogen-bond acceptors (Lipinski definition) is 2. The first-order valence-corrected chi connectivity index (χ1v) is 13.5. The molecule has 0 aromatic heterocycles. The predicted octanol–water partition coefficient (Wildman–Crippen LogP) is 8.72. The van der Waals surface area contributed by atoms with Gasteiger partial charge in [0.25, 0.3) is 0 Å². The largest absolute Gasteiger partial charge is 0.298 e. The zero-order valence-electron chi connectivity index (χ0n) is 20.8.